The molecule has 0 aliphatic carbocycles. The molecule has 2 heteroatoms. The molecule has 0 radical (unpaired) electrons. The van der Waals surface area contributed by atoms with Crippen LogP contribution in [-0.4, -0.2) is 19.1 Å². The van der Waals surface area contributed by atoms with Gasteiger partial charge < -0.3 is 11.1 Å². The van der Waals surface area contributed by atoms with Crippen molar-refractivity contribution in [1.82, 2.24) is 5.32 Å². The third kappa shape index (κ3) is 7.92. The van der Waals surface area contributed by atoms with Gasteiger partial charge in [-0.15, -0.1) is 0 Å². The Labute approximate surface area is 64.2 Å². The van der Waals surface area contributed by atoms with Crippen LogP contribution in [-0.2, 0) is 0 Å². The molecule has 1 unspecified atom stereocenters. The van der Waals surface area contributed by atoms with Crippen molar-refractivity contribution in [1.29, 1.82) is 0 Å². The largest absolute Gasteiger partial charge is 0.327 e. The Bertz CT molecular complexity index is 81.7. The second-order valence-corrected chi connectivity index (χ2v) is 4.17. The molecule has 3 N–H and O–H groups in total. The van der Waals surface area contributed by atoms with Crippen LogP contribution in [0.15, 0.2) is 0 Å². The summed E-state index contributed by atoms with van der Waals surface area (Å²) in [6.45, 7) is 10.6. The zero-order valence-electron chi connectivity index (χ0n) is 7.57. The lowest BCUT2D eigenvalue weighted by Crippen LogP contribution is -2.35. The Kier molecular flexibility index (Phi) is 3.91. The Morgan fingerprint density at radius 2 is 1.90 bits per heavy atom. The molecule has 10 heavy (non-hydrogen) atoms. The van der Waals surface area contributed by atoms with E-state index in [-0.39, 0.29) is 6.04 Å². The van der Waals surface area contributed by atoms with Crippen molar-refractivity contribution in [2.24, 2.45) is 11.1 Å². The van der Waals surface area contributed by atoms with Crippen molar-refractivity contribution in [3.8, 4) is 0 Å². The first kappa shape index (κ1) is 9.92. The van der Waals surface area contributed by atoms with Gasteiger partial charge >= 0.3 is 0 Å². The summed E-state index contributed by atoms with van der Waals surface area (Å²) in [6, 6.07) is 0.266. The minimum Gasteiger partial charge on any atom is -0.327 e. The smallest absolute Gasteiger partial charge is 0.0136 e. The average Bonchev–Trinajstić information content (AvgIpc) is 1.59. The van der Waals surface area contributed by atoms with E-state index in [0.29, 0.717) is 5.41 Å². The van der Waals surface area contributed by atoms with Gasteiger partial charge in [-0.05, 0) is 12.3 Å². The number of hydrogen-bond donors (Lipinski definition) is 2. The third-order valence-corrected chi connectivity index (χ3v) is 1.12. The molecule has 0 aromatic carbocycles. The monoisotopic (exact) mass is 144 g/mol. The molecule has 0 fully saturated rings. The highest BCUT2D eigenvalue weighted by Crippen LogP contribution is 2.09. The number of nitrogens with two attached hydrogens (primary N) is 1. The van der Waals surface area contributed by atoms with Gasteiger partial charge in [-0.1, -0.05) is 20.8 Å². The van der Waals surface area contributed by atoms with Gasteiger partial charge in [0.25, 0.3) is 0 Å². The van der Waals surface area contributed by atoms with Gasteiger partial charge in [0.05, 0.1) is 0 Å². The van der Waals surface area contributed by atoms with Gasteiger partial charge in [0, 0.05) is 19.1 Å². The molecule has 62 valence electrons. The van der Waals surface area contributed by atoms with Crippen LogP contribution in [0.4, 0.5) is 0 Å². The highest BCUT2D eigenvalue weighted by molar-refractivity contribution is 4.66. The summed E-state index contributed by atoms with van der Waals surface area (Å²) in [5, 5.41) is 3.30. The summed E-state index contributed by atoms with van der Waals surface area (Å²) in [5.41, 5.74) is 5.93. The normalized spacial score (nSPS) is 15.3. The molecule has 0 bridgehead atoms. The molecule has 0 aliphatic rings. The van der Waals surface area contributed by atoms with E-state index in [9.17, 15) is 0 Å². The van der Waals surface area contributed by atoms with E-state index in [0.717, 1.165) is 13.1 Å². The molecule has 0 saturated carbocycles. The number of hydrogen-bond acceptors (Lipinski definition) is 2. The minimum absolute atomic E-state index is 0.266. The summed E-state index contributed by atoms with van der Waals surface area (Å²) in [4.78, 5) is 0. The summed E-state index contributed by atoms with van der Waals surface area (Å²) < 4.78 is 0. The van der Waals surface area contributed by atoms with Gasteiger partial charge in [0.1, 0.15) is 0 Å². The third-order valence-electron chi connectivity index (χ3n) is 1.12. The molecule has 0 saturated heterocycles. The zero-order chi connectivity index (χ0) is 8.20. The molecule has 2 nitrogen and oxygen atoms in total. The van der Waals surface area contributed by atoms with Crippen LogP contribution < -0.4 is 11.1 Å². The maximum absolute atomic E-state index is 5.56. The second-order valence-electron chi connectivity index (χ2n) is 4.17. The molecule has 0 aromatic rings. The van der Waals surface area contributed by atoms with E-state index in [4.69, 9.17) is 5.73 Å². The van der Waals surface area contributed by atoms with Crippen molar-refractivity contribution < 1.29 is 0 Å². The Hall–Kier alpha value is -0.0800. The number of nitrogens with one attached hydrogen (secondary N) is 1. The summed E-state index contributed by atoms with van der Waals surface area (Å²) >= 11 is 0. The summed E-state index contributed by atoms with van der Waals surface area (Å²) in [7, 11) is 0. The Balaban J connectivity index is 3.21. The standard InChI is InChI=1S/C8H20N2/c1-7(9)5-10-6-8(2,3)4/h7,10H,5-6,9H2,1-4H3. The maximum Gasteiger partial charge on any atom is 0.0136 e. The molecular weight excluding hydrogens is 124 g/mol. The van der Waals surface area contributed by atoms with Gasteiger partial charge in [-0.2, -0.15) is 0 Å². The van der Waals surface area contributed by atoms with Crippen molar-refractivity contribution in [2.45, 2.75) is 33.7 Å². The van der Waals surface area contributed by atoms with Gasteiger partial charge in [-0.25, -0.2) is 0 Å². The zero-order valence-corrected chi connectivity index (χ0v) is 7.57. The topological polar surface area (TPSA) is 38.0 Å². The van der Waals surface area contributed by atoms with E-state index in [1.165, 1.54) is 0 Å². The molecule has 0 amide bonds. The molecule has 0 spiro atoms. The quantitative estimate of drug-likeness (QED) is 0.619. The number of rotatable bonds is 3. The molecular formula is C8H20N2. The minimum atomic E-state index is 0.266. The van der Waals surface area contributed by atoms with E-state index in [1.54, 1.807) is 0 Å². The molecule has 0 aromatic heterocycles. The Morgan fingerprint density at radius 1 is 1.40 bits per heavy atom. The predicted molar refractivity (Wildman–Crippen MR) is 46.0 cm³/mol. The van der Waals surface area contributed by atoms with Gasteiger partial charge in [0.15, 0.2) is 0 Å². The van der Waals surface area contributed by atoms with E-state index in [1.807, 2.05) is 6.92 Å². The van der Waals surface area contributed by atoms with Crippen molar-refractivity contribution in [3.63, 3.8) is 0 Å². The van der Waals surface area contributed by atoms with Crippen molar-refractivity contribution in [2.75, 3.05) is 13.1 Å². The SMILES string of the molecule is CC(N)CNCC(C)(C)C. The van der Waals surface area contributed by atoms with Crippen LogP contribution in [0.25, 0.3) is 0 Å². The molecule has 0 rings (SSSR count). The van der Waals surface area contributed by atoms with Crippen LogP contribution in [0.1, 0.15) is 27.7 Å². The predicted octanol–water partition coefficient (Wildman–Crippen LogP) is 0.969. The summed E-state index contributed by atoms with van der Waals surface area (Å²) in [6.07, 6.45) is 0. The van der Waals surface area contributed by atoms with Gasteiger partial charge in [-0.3, -0.25) is 0 Å². The lowest BCUT2D eigenvalue weighted by molar-refractivity contribution is 0.375. The molecule has 0 aliphatic heterocycles. The van der Waals surface area contributed by atoms with Crippen LogP contribution in [0, 0.1) is 5.41 Å². The highest BCUT2D eigenvalue weighted by Gasteiger charge is 2.08. The van der Waals surface area contributed by atoms with Crippen LogP contribution in [0.3, 0.4) is 0 Å². The fraction of sp³-hybridized carbons (Fsp3) is 1.00. The van der Waals surface area contributed by atoms with E-state index < -0.39 is 0 Å². The van der Waals surface area contributed by atoms with Crippen molar-refractivity contribution >= 4 is 0 Å². The van der Waals surface area contributed by atoms with Crippen molar-refractivity contribution in [3.05, 3.63) is 0 Å². The maximum atomic E-state index is 5.56. The fourth-order valence-electron chi connectivity index (χ4n) is 0.675. The summed E-state index contributed by atoms with van der Waals surface area (Å²) in [5.74, 6) is 0. The first-order chi connectivity index (χ1) is 4.42. The average molecular weight is 144 g/mol. The lowest BCUT2D eigenvalue weighted by atomic mass is 9.97. The second kappa shape index (κ2) is 3.94. The van der Waals surface area contributed by atoms with Crippen LogP contribution in [0.5, 0.6) is 0 Å². The van der Waals surface area contributed by atoms with Crippen LogP contribution in [0.2, 0.25) is 0 Å². The first-order valence-electron chi connectivity index (χ1n) is 3.88. The molecule has 1 atom stereocenters. The van der Waals surface area contributed by atoms with E-state index >= 15 is 0 Å². The molecule has 0 heterocycles. The lowest BCUT2D eigenvalue weighted by Gasteiger charge is -2.19. The van der Waals surface area contributed by atoms with E-state index in [2.05, 4.69) is 26.1 Å². The fourth-order valence-corrected chi connectivity index (χ4v) is 0.675. The highest BCUT2D eigenvalue weighted by atomic mass is 14.9. The first-order valence-corrected chi connectivity index (χ1v) is 3.88. The van der Waals surface area contributed by atoms with Crippen LogP contribution >= 0.6 is 0 Å². The van der Waals surface area contributed by atoms with Gasteiger partial charge in [0.2, 0.25) is 0 Å². The Morgan fingerprint density at radius 3 is 2.20 bits per heavy atom.